The molecule has 0 amide bonds. The summed E-state index contributed by atoms with van der Waals surface area (Å²) in [4.78, 5) is 2.66. The van der Waals surface area contributed by atoms with Crippen LogP contribution in [0.2, 0.25) is 0 Å². The third-order valence-corrected chi connectivity index (χ3v) is 4.05. The molecule has 0 aromatic heterocycles. The molecule has 2 rings (SSSR count). The minimum Gasteiger partial charge on any atom is -0.399 e. The second kappa shape index (κ2) is 6.24. The molecule has 0 atom stereocenters. The number of anilines is 1. The maximum Gasteiger partial charge on any atom is 0.0314 e. The molecule has 0 spiro atoms. The summed E-state index contributed by atoms with van der Waals surface area (Å²) in [5, 5.41) is 0. The van der Waals surface area contributed by atoms with E-state index in [1.807, 2.05) is 12.1 Å². The average Bonchev–Trinajstić information content (AvgIpc) is 2.38. The van der Waals surface area contributed by atoms with Crippen molar-refractivity contribution in [1.29, 1.82) is 0 Å². The SMILES string of the molecule is CC(C)N(Cc1ccc(N)cc1)C1CCCCC1. The predicted octanol–water partition coefficient (Wildman–Crippen LogP) is 3.81. The van der Waals surface area contributed by atoms with Crippen molar-refractivity contribution < 1.29 is 0 Å². The van der Waals surface area contributed by atoms with Gasteiger partial charge in [-0.15, -0.1) is 0 Å². The molecule has 1 aromatic carbocycles. The molecule has 1 saturated carbocycles. The molecule has 0 bridgehead atoms. The van der Waals surface area contributed by atoms with Crippen molar-refractivity contribution in [3.63, 3.8) is 0 Å². The second-order valence-electron chi connectivity index (χ2n) is 5.80. The first-order chi connectivity index (χ1) is 8.66. The molecule has 1 aromatic rings. The van der Waals surface area contributed by atoms with Gasteiger partial charge >= 0.3 is 0 Å². The van der Waals surface area contributed by atoms with Gasteiger partial charge in [-0.3, -0.25) is 4.90 Å². The summed E-state index contributed by atoms with van der Waals surface area (Å²) < 4.78 is 0. The van der Waals surface area contributed by atoms with E-state index in [9.17, 15) is 0 Å². The van der Waals surface area contributed by atoms with E-state index in [0.29, 0.717) is 6.04 Å². The minimum atomic E-state index is 0.616. The van der Waals surface area contributed by atoms with Gasteiger partial charge < -0.3 is 5.73 Å². The molecule has 1 fully saturated rings. The zero-order valence-electron chi connectivity index (χ0n) is 11.7. The number of nitrogens with two attached hydrogens (primary N) is 1. The lowest BCUT2D eigenvalue weighted by Gasteiger charge is -2.37. The highest BCUT2D eigenvalue weighted by molar-refractivity contribution is 5.39. The summed E-state index contributed by atoms with van der Waals surface area (Å²) in [6, 6.07) is 9.73. The van der Waals surface area contributed by atoms with E-state index in [1.165, 1.54) is 37.7 Å². The molecule has 18 heavy (non-hydrogen) atoms. The normalized spacial score (nSPS) is 17.6. The number of rotatable bonds is 4. The van der Waals surface area contributed by atoms with Gasteiger partial charge in [-0.2, -0.15) is 0 Å². The van der Waals surface area contributed by atoms with Crippen molar-refractivity contribution >= 4 is 5.69 Å². The Kier molecular flexibility index (Phi) is 4.65. The molecular formula is C16H26N2. The number of nitrogen functional groups attached to an aromatic ring is 1. The van der Waals surface area contributed by atoms with E-state index in [0.717, 1.165) is 18.3 Å². The van der Waals surface area contributed by atoms with Crippen LogP contribution >= 0.6 is 0 Å². The maximum absolute atomic E-state index is 5.75. The first-order valence-corrected chi connectivity index (χ1v) is 7.27. The zero-order chi connectivity index (χ0) is 13.0. The molecule has 1 aliphatic rings. The van der Waals surface area contributed by atoms with E-state index in [4.69, 9.17) is 5.73 Å². The molecule has 0 saturated heterocycles. The van der Waals surface area contributed by atoms with Crippen LogP contribution in [0.25, 0.3) is 0 Å². The predicted molar refractivity (Wildman–Crippen MR) is 78.4 cm³/mol. The molecule has 0 aliphatic heterocycles. The first-order valence-electron chi connectivity index (χ1n) is 7.27. The highest BCUT2D eigenvalue weighted by Crippen LogP contribution is 2.25. The van der Waals surface area contributed by atoms with Gasteiger partial charge in [0.2, 0.25) is 0 Å². The number of hydrogen-bond acceptors (Lipinski definition) is 2. The molecule has 2 heteroatoms. The highest BCUT2D eigenvalue weighted by atomic mass is 15.2. The lowest BCUT2D eigenvalue weighted by atomic mass is 9.93. The fourth-order valence-electron chi connectivity index (χ4n) is 2.98. The van der Waals surface area contributed by atoms with Crippen LogP contribution < -0.4 is 5.73 Å². The average molecular weight is 246 g/mol. The number of benzene rings is 1. The van der Waals surface area contributed by atoms with Crippen LogP contribution in [0.1, 0.15) is 51.5 Å². The lowest BCUT2D eigenvalue weighted by Crippen LogP contribution is -2.40. The molecule has 1 aliphatic carbocycles. The third-order valence-electron chi connectivity index (χ3n) is 4.05. The Bertz CT molecular complexity index is 350. The Morgan fingerprint density at radius 2 is 1.72 bits per heavy atom. The van der Waals surface area contributed by atoms with Crippen molar-refractivity contribution in [2.24, 2.45) is 0 Å². The Hall–Kier alpha value is -1.02. The summed E-state index contributed by atoms with van der Waals surface area (Å²) in [7, 11) is 0. The largest absolute Gasteiger partial charge is 0.399 e. The molecule has 2 N–H and O–H groups in total. The molecule has 0 radical (unpaired) electrons. The van der Waals surface area contributed by atoms with Crippen LogP contribution in [0, 0.1) is 0 Å². The standard InChI is InChI=1S/C16H26N2/c1-13(2)18(16-6-4-3-5-7-16)12-14-8-10-15(17)11-9-14/h8-11,13,16H,3-7,12,17H2,1-2H3. The molecule has 0 unspecified atom stereocenters. The van der Waals surface area contributed by atoms with Crippen molar-refractivity contribution in [1.82, 2.24) is 4.90 Å². The monoisotopic (exact) mass is 246 g/mol. The van der Waals surface area contributed by atoms with Crippen LogP contribution in [0.5, 0.6) is 0 Å². The topological polar surface area (TPSA) is 29.3 Å². The quantitative estimate of drug-likeness (QED) is 0.818. The van der Waals surface area contributed by atoms with Gasteiger partial charge in [-0.1, -0.05) is 31.4 Å². The number of hydrogen-bond donors (Lipinski definition) is 1. The summed E-state index contributed by atoms with van der Waals surface area (Å²) in [6.45, 7) is 5.68. The minimum absolute atomic E-state index is 0.616. The van der Waals surface area contributed by atoms with Gasteiger partial charge in [0.25, 0.3) is 0 Å². The smallest absolute Gasteiger partial charge is 0.0314 e. The lowest BCUT2D eigenvalue weighted by molar-refractivity contribution is 0.112. The molecular weight excluding hydrogens is 220 g/mol. The molecule has 100 valence electrons. The van der Waals surface area contributed by atoms with E-state index in [-0.39, 0.29) is 0 Å². The van der Waals surface area contributed by atoms with Crippen molar-refractivity contribution in [3.8, 4) is 0 Å². The van der Waals surface area contributed by atoms with E-state index in [2.05, 4.69) is 30.9 Å². The van der Waals surface area contributed by atoms with Crippen molar-refractivity contribution in [2.45, 2.75) is 64.6 Å². The van der Waals surface area contributed by atoms with Crippen molar-refractivity contribution in [3.05, 3.63) is 29.8 Å². The second-order valence-corrected chi connectivity index (χ2v) is 5.80. The van der Waals surface area contributed by atoms with Gasteiger partial charge in [0.15, 0.2) is 0 Å². The maximum atomic E-state index is 5.75. The van der Waals surface area contributed by atoms with E-state index >= 15 is 0 Å². The Morgan fingerprint density at radius 1 is 1.11 bits per heavy atom. The summed E-state index contributed by atoms with van der Waals surface area (Å²) in [6.07, 6.45) is 6.95. The summed E-state index contributed by atoms with van der Waals surface area (Å²) in [5.41, 5.74) is 7.98. The van der Waals surface area contributed by atoms with Crippen LogP contribution in [0.3, 0.4) is 0 Å². The third kappa shape index (κ3) is 3.49. The van der Waals surface area contributed by atoms with Crippen LogP contribution in [0.15, 0.2) is 24.3 Å². The fraction of sp³-hybridized carbons (Fsp3) is 0.625. The zero-order valence-corrected chi connectivity index (χ0v) is 11.7. The van der Waals surface area contributed by atoms with E-state index in [1.54, 1.807) is 0 Å². The van der Waals surface area contributed by atoms with E-state index < -0.39 is 0 Å². The van der Waals surface area contributed by atoms with Gasteiger partial charge in [0.1, 0.15) is 0 Å². The van der Waals surface area contributed by atoms with Crippen LogP contribution in [0.4, 0.5) is 5.69 Å². The molecule has 0 heterocycles. The van der Waals surface area contributed by atoms with Gasteiger partial charge in [-0.25, -0.2) is 0 Å². The fourth-order valence-corrected chi connectivity index (χ4v) is 2.98. The Labute approximate surface area is 111 Å². The Balaban J connectivity index is 2.03. The van der Waals surface area contributed by atoms with Gasteiger partial charge in [0.05, 0.1) is 0 Å². The van der Waals surface area contributed by atoms with Gasteiger partial charge in [-0.05, 0) is 44.4 Å². The molecule has 2 nitrogen and oxygen atoms in total. The number of nitrogens with zero attached hydrogens (tertiary/aromatic N) is 1. The summed E-state index contributed by atoms with van der Waals surface area (Å²) in [5.74, 6) is 0. The highest BCUT2D eigenvalue weighted by Gasteiger charge is 2.23. The van der Waals surface area contributed by atoms with Crippen molar-refractivity contribution in [2.75, 3.05) is 5.73 Å². The van der Waals surface area contributed by atoms with Crippen LogP contribution in [-0.4, -0.2) is 17.0 Å². The summed E-state index contributed by atoms with van der Waals surface area (Å²) >= 11 is 0. The Morgan fingerprint density at radius 3 is 2.28 bits per heavy atom. The van der Waals surface area contributed by atoms with Gasteiger partial charge in [0, 0.05) is 24.3 Å². The first kappa shape index (κ1) is 13.4. The van der Waals surface area contributed by atoms with Crippen LogP contribution in [-0.2, 0) is 6.54 Å².